The normalized spacial score (nSPS) is 24.7. The van der Waals surface area contributed by atoms with Gasteiger partial charge in [0.25, 0.3) is 0 Å². The fourth-order valence-electron chi connectivity index (χ4n) is 3.56. The van der Waals surface area contributed by atoms with Crippen LogP contribution in [0.5, 0.6) is 0 Å². The lowest BCUT2D eigenvalue weighted by atomic mass is 9.88. The van der Waals surface area contributed by atoms with Crippen molar-refractivity contribution in [3.05, 3.63) is 35.9 Å². The largest absolute Gasteiger partial charge is 0.393 e. The van der Waals surface area contributed by atoms with E-state index in [0.29, 0.717) is 17.6 Å². The molecular formula is C21H34N2O2. The molecule has 0 aromatic heterocycles. The lowest BCUT2D eigenvalue weighted by molar-refractivity contribution is -0.121. The number of Topliss-reactive ketones (excluding diaryl/α,β-unsaturated/α-hetero) is 1. The summed E-state index contributed by atoms with van der Waals surface area (Å²) in [6.07, 6.45) is 3.48. The maximum Gasteiger partial charge on any atom is 0.135 e. The highest BCUT2D eigenvalue weighted by atomic mass is 16.3. The Morgan fingerprint density at radius 1 is 1.20 bits per heavy atom. The molecule has 0 spiro atoms. The van der Waals surface area contributed by atoms with Crippen molar-refractivity contribution in [2.75, 3.05) is 26.2 Å². The molecule has 4 nitrogen and oxygen atoms in total. The molecule has 0 radical (unpaired) electrons. The van der Waals surface area contributed by atoms with E-state index in [9.17, 15) is 9.90 Å². The summed E-state index contributed by atoms with van der Waals surface area (Å²) in [4.78, 5) is 13.4. The van der Waals surface area contributed by atoms with E-state index < -0.39 is 0 Å². The summed E-state index contributed by atoms with van der Waals surface area (Å²) in [6.45, 7) is 9.23. The molecule has 0 aliphatic carbocycles. The van der Waals surface area contributed by atoms with E-state index in [0.717, 1.165) is 58.4 Å². The second-order valence-electron chi connectivity index (χ2n) is 7.75. The average Bonchev–Trinajstić information content (AvgIpc) is 2.60. The lowest BCUT2D eigenvalue weighted by Gasteiger charge is -2.29. The molecule has 0 bridgehead atoms. The van der Waals surface area contributed by atoms with Crippen LogP contribution in [0.25, 0.3) is 0 Å². The van der Waals surface area contributed by atoms with Crippen LogP contribution in [0.15, 0.2) is 30.3 Å². The van der Waals surface area contributed by atoms with E-state index in [1.165, 1.54) is 5.56 Å². The molecule has 2 unspecified atom stereocenters. The minimum atomic E-state index is -0.0568. The molecule has 25 heavy (non-hydrogen) atoms. The summed E-state index contributed by atoms with van der Waals surface area (Å²) in [5.41, 5.74) is 1.34. The second-order valence-corrected chi connectivity index (χ2v) is 7.75. The zero-order chi connectivity index (χ0) is 18.1. The number of carbonyl (C=O) groups is 1. The smallest absolute Gasteiger partial charge is 0.135 e. The first-order valence-corrected chi connectivity index (χ1v) is 9.71. The third-order valence-corrected chi connectivity index (χ3v) is 5.00. The van der Waals surface area contributed by atoms with Crippen molar-refractivity contribution in [2.24, 2.45) is 11.8 Å². The predicted molar refractivity (Wildman–Crippen MR) is 102 cm³/mol. The van der Waals surface area contributed by atoms with Crippen molar-refractivity contribution in [2.45, 2.75) is 52.2 Å². The van der Waals surface area contributed by atoms with Crippen molar-refractivity contribution in [1.82, 2.24) is 10.2 Å². The Kier molecular flexibility index (Phi) is 8.59. The van der Waals surface area contributed by atoms with Crippen LogP contribution in [-0.2, 0) is 11.3 Å². The van der Waals surface area contributed by atoms with Gasteiger partial charge in [-0.1, -0.05) is 44.2 Å². The first-order valence-electron chi connectivity index (χ1n) is 9.71. The number of nitrogens with zero attached hydrogens (tertiary/aromatic N) is 1. The van der Waals surface area contributed by atoms with Gasteiger partial charge in [-0.05, 0) is 36.8 Å². The van der Waals surface area contributed by atoms with Crippen LogP contribution in [0, 0.1) is 11.8 Å². The van der Waals surface area contributed by atoms with Crippen LogP contribution >= 0.6 is 0 Å². The van der Waals surface area contributed by atoms with Crippen LogP contribution in [0.1, 0.15) is 45.1 Å². The molecule has 0 amide bonds. The van der Waals surface area contributed by atoms with Crippen LogP contribution in [0.2, 0.25) is 0 Å². The van der Waals surface area contributed by atoms with Gasteiger partial charge < -0.3 is 10.4 Å². The zero-order valence-corrected chi connectivity index (χ0v) is 15.8. The number of rotatable bonds is 4. The molecule has 2 aliphatic rings. The van der Waals surface area contributed by atoms with E-state index in [2.05, 4.69) is 48.3 Å². The Labute approximate surface area is 152 Å². The number of carbonyl (C=O) groups excluding carboxylic acids is 1. The first-order chi connectivity index (χ1) is 12.0. The number of ketones is 1. The molecule has 2 saturated heterocycles. The van der Waals surface area contributed by atoms with Gasteiger partial charge in [-0.2, -0.15) is 0 Å². The van der Waals surface area contributed by atoms with Crippen molar-refractivity contribution >= 4 is 5.78 Å². The van der Waals surface area contributed by atoms with Crippen molar-refractivity contribution < 1.29 is 9.90 Å². The Morgan fingerprint density at radius 2 is 1.88 bits per heavy atom. The average molecular weight is 347 g/mol. The summed E-state index contributed by atoms with van der Waals surface area (Å²) in [6, 6.07) is 10.4. The Bertz CT molecular complexity index is 494. The highest BCUT2D eigenvalue weighted by Crippen LogP contribution is 2.19. The van der Waals surface area contributed by atoms with Gasteiger partial charge >= 0.3 is 0 Å². The number of hydrogen-bond acceptors (Lipinski definition) is 4. The first kappa shape index (κ1) is 20.1. The topological polar surface area (TPSA) is 52.6 Å². The quantitative estimate of drug-likeness (QED) is 0.880. The van der Waals surface area contributed by atoms with Gasteiger partial charge in [0.2, 0.25) is 0 Å². The number of nitrogens with one attached hydrogen (secondary N) is 1. The summed E-state index contributed by atoms with van der Waals surface area (Å²) in [5.74, 6) is 1.60. The molecule has 2 fully saturated rings. The van der Waals surface area contributed by atoms with Gasteiger partial charge in [-0.25, -0.2) is 0 Å². The summed E-state index contributed by atoms with van der Waals surface area (Å²) in [7, 11) is 0. The number of piperidine rings is 2. The molecule has 2 aliphatic heterocycles. The van der Waals surface area contributed by atoms with Gasteiger partial charge in [0.1, 0.15) is 5.78 Å². The summed E-state index contributed by atoms with van der Waals surface area (Å²) in [5, 5.41) is 12.9. The lowest BCUT2D eigenvalue weighted by Crippen LogP contribution is -2.40. The predicted octanol–water partition coefficient (Wildman–Crippen LogP) is 2.85. The van der Waals surface area contributed by atoms with Crippen molar-refractivity contribution in [3.63, 3.8) is 0 Å². The van der Waals surface area contributed by atoms with Crippen LogP contribution in [0.4, 0.5) is 0 Å². The Morgan fingerprint density at radius 3 is 2.48 bits per heavy atom. The van der Waals surface area contributed by atoms with Crippen LogP contribution in [-0.4, -0.2) is 48.1 Å². The standard InChI is InChI=1S/C12H15NO.C9H19NO/c14-12-6-8-13(9-7-12)10-11-4-2-1-3-5-11;1-7(2)5-8-6-10-4-3-9(8)11/h1-5H,6-10H2;7-11H,3-6H2,1-2H3. The second kappa shape index (κ2) is 10.7. The molecular weight excluding hydrogens is 312 g/mol. The molecule has 1 aromatic carbocycles. The number of aliphatic hydroxyl groups excluding tert-OH is 1. The van der Waals surface area contributed by atoms with Gasteiger partial charge in [-0.15, -0.1) is 0 Å². The van der Waals surface area contributed by atoms with E-state index >= 15 is 0 Å². The minimum absolute atomic E-state index is 0.0568. The van der Waals surface area contributed by atoms with Gasteiger partial charge in [0, 0.05) is 39.0 Å². The number of likely N-dealkylation sites (tertiary alicyclic amines) is 1. The maximum absolute atomic E-state index is 11.0. The third-order valence-electron chi connectivity index (χ3n) is 5.00. The highest BCUT2D eigenvalue weighted by Gasteiger charge is 2.22. The molecule has 2 atom stereocenters. The Balaban J connectivity index is 0.000000186. The van der Waals surface area contributed by atoms with Crippen molar-refractivity contribution in [3.8, 4) is 0 Å². The fourth-order valence-corrected chi connectivity index (χ4v) is 3.56. The molecule has 4 heteroatoms. The van der Waals surface area contributed by atoms with Crippen LogP contribution < -0.4 is 5.32 Å². The zero-order valence-electron chi connectivity index (χ0n) is 15.8. The number of aliphatic hydroxyl groups is 1. The van der Waals surface area contributed by atoms with Gasteiger partial charge in [0.15, 0.2) is 0 Å². The van der Waals surface area contributed by atoms with Gasteiger partial charge in [0.05, 0.1) is 6.10 Å². The monoisotopic (exact) mass is 346 g/mol. The van der Waals surface area contributed by atoms with E-state index in [1.54, 1.807) is 0 Å². The minimum Gasteiger partial charge on any atom is -0.393 e. The summed E-state index contributed by atoms with van der Waals surface area (Å²) >= 11 is 0. The van der Waals surface area contributed by atoms with E-state index in [1.807, 2.05) is 6.07 Å². The highest BCUT2D eigenvalue weighted by molar-refractivity contribution is 5.79. The SMILES string of the molecule is CC(C)CC1CNCCC1O.O=C1CCN(Cc2ccccc2)CC1. The number of benzene rings is 1. The Hall–Kier alpha value is -1.23. The molecule has 140 valence electrons. The third kappa shape index (κ3) is 7.68. The summed E-state index contributed by atoms with van der Waals surface area (Å²) < 4.78 is 0. The maximum atomic E-state index is 11.0. The van der Waals surface area contributed by atoms with Gasteiger partial charge in [-0.3, -0.25) is 9.69 Å². The molecule has 2 heterocycles. The van der Waals surface area contributed by atoms with E-state index in [-0.39, 0.29) is 6.10 Å². The molecule has 0 saturated carbocycles. The van der Waals surface area contributed by atoms with Crippen molar-refractivity contribution in [1.29, 1.82) is 0 Å². The molecule has 2 N–H and O–H groups in total. The molecule has 3 rings (SSSR count). The fraction of sp³-hybridized carbons (Fsp3) is 0.667. The number of hydrogen-bond donors (Lipinski definition) is 2. The van der Waals surface area contributed by atoms with E-state index in [4.69, 9.17) is 0 Å². The molecule has 1 aromatic rings. The van der Waals surface area contributed by atoms with Crippen LogP contribution in [0.3, 0.4) is 0 Å².